The highest BCUT2D eigenvalue weighted by molar-refractivity contribution is 5.49. The minimum absolute atomic E-state index is 0.160. The predicted molar refractivity (Wildman–Crippen MR) is 64.4 cm³/mol. The zero-order chi connectivity index (χ0) is 14.3. The summed E-state index contributed by atoms with van der Waals surface area (Å²) in [6, 6.07) is 2.50. The summed E-state index contributed by atoms with van der Waals surface area (Å²) in [6.07, 6.45) is -2.50. The average molecular weight is 275 g/mol. The molecule has 0 amide bonds. The molecule has 19 heavy (non-hydrogen) atoms. The van der Waals surface area contributed by atoms with Gasteiger partial charge in [-0.05, 0) is 31.4 Å². The Morgan fingerprint density at radius 1 is 1.21 bits per heavy atom. The molecule has 0 aliphatic heterocycles. The third-order valence-corrected chi connectivity index (χ3v) is 3.32. The minimum atomic E-state index is -4.49. The molecule has 1 fully saturated rings. The number of hydrogen-bond donors (Lipinski definition) is 1. The van der Waals surface area contributed by atoms with Gasteiger partial charge in [0, 0.05) is 11.1 Å². The molecule has 1 aliphatic rings. The minimum Gasteiger partial charge on any atom is -0.497 e. The summed E-state index contributed by atoms with van der Waals surface area (Å²) in [6.45, 7) is 0. The SMILES string of the molecule is COc1cc(CC2(N)CC2)c(OC)c(C(F)(F)F)c1. The van der Waals surface area contributed by atoms with Crippen molar-refractivity contribution in [1.82, 2.24) is 0 Å². The Labute approximate surface area is 109 Å². The van der Waals surface area contributed by atoms with Gasteiger partial charge < -0.3 is 15.2 Å². The highest BCUT2D eigenvalue weighted by Gasteiger charge is 2.41. The Kier molecular flexibility index (Phi) is 3.38. The fourth-order valence-electron chi connectivity index (χ4n) is 2.08. The third-order valence-electron chi connectivity index (χ3n) is 3.32. The molecule has 0 saturated heterocycles. The van der Waals surface area contributed by atoms with E-state index < -0.39 is 17.3 Å². The van der Waals surface area contributed by atoms with Crippen LogP contribution in [0.3, 0.4) is 0 Å². The van der Waals surface area contributed by atoms with Crippen molar-refractivity contribution in [2.75, 3.05) is 14.2 Å². The molecule has 0 aromatic heterocycles. The zero-order valence-electron chi connectivity index (χ0n) is 10.8. The van der Waals surface area contributed by atoms with Crippen LogP contribution in [0.1, 0.15) is 24.0 Å². The molecule has 0 radical (unpaired) electrons. The first-order chi connectivity index (χ1) is 8.79. The van der Waals surface area contributed by atoms with Crippen LogP contribution in [0.25, 0.3) is 0 Å². The maximum absolute atomic E-state index is 13.0. The number of ether oxygens (including phenoxy) is 2. The van der Waals surface area contributed by atoms with E-state index in [0.717, 1.165) is 18.9 Å². The molecule has 0 spiro atoms. The van der Waals surface area contributed by atoms with E-state index in [4.69, 9.17) is 15.2 Å². The van der Waals surface area contributed by atoms with Crippen molar-refractivity contribution in [2.24, 2.45) is 5.73 Å². The maximum atomic E-state index is 13.0. The molecule has 0 heterocycles. The van der Waals surface area contributed by atoms with Crippen LogP contribution in [-0.4, -0.2) is 19.8 Å². The van der Waals surface area contributed by atoms with Gasteiger partial charge in [0.15, 0.2) is 0 Å². The molecule has 0 atom stereocenters. The van der Waals surface area contributed by atoms with Crippen LogP contribution in [0.15, 0.2) is 12.1 Å². The monoisotopic (exact) mass is 275 g/mol. The fraction of sp³-hybridized carbons (Fsp3) is 0.538. The molecular formula is C13H16F3NO2. The Bertz CT molecular complexity index is 482. The fourth-order valence-corrected chi connectivity index (χ4v) is 2.08. The summed E-state index contributed by atoms with van der Waals surface area (Å²) in [5.41, 5.74) is 5.19. The van der Waals surface area contributed by atoms with Crippen LogP contribution < -0.4 is 15.2 Å². The molecule has 2 rings (SSSR count). The smallest absolute Gasteiger partial charge is 0.420 e. The van der Waals surface area contributed by atoms with Gasteiger partial charge in [-0.15, -0.1) is 0 Å². The molecule has 0 bridgehead atoms. The first-order valence-corrected chi connectivity index (χ1v) is 5.90. The van der Waals surface area contributed by atoms with E-state index in [1.54, 1.807) is 6.07 Å². The molecular weight excluding hydrogens is 259 g/mol. The molecule has 6 heteroatoms. The van der Waals surface area contributed by atoms with Crippen LogP contribution in [0.5, 0.6) is 11.5 Å². The van der Waals surface area contributed by atoms with E-state index in [1.165, 1.54) is 14.2 Å². The van der Waals surface area contributed by atoms with Crippen LogP contribution in [-0.2, 0) is 12.6 Å². The quantitative estimate of drug-likeness (QED) is 0.919. The van der Waals surface area contributed by atoms with Crippen LogP contribution in [0.2, 0.25) is 0 Å². The second-order valence-corrected chi connectivity index (χ2v) is 4.90. The molecule has 106 valence electrons. The van der Waals surface area contributed by atoms with Crippen LogP contribution in [0, 0.1) is 0 Å². The van der Waals surface area contributed by atoms with Gasteiger partial charge >= 0.3 is 6.18 Å². The van der Waals surface area contributed by atoms with Crippen molar-refractivity contribution in [3.05, 3.63) is 23.3 Å². The van der Waals surface area contributed by atoms with E-state index >= 15 is 0 Å². The van der Waals surface area contributed by atoms with Gasteiger partial charge in [-0.2, -0.15) is 13.2 Å². The molecule has 0 unspecified atom stereocenters. The van der Waals surface area contributed by atoms with Crippen molar-refractivity contribution >= 4 is 0 Å². The topological polar surface area (TPSA) is 44.5 Å². The summed E-state index contributed by atoms with van der Waals surface area (Å²) >= 11 is 0. The molecule has 2 N–H and O–H groups in total. The molecule has 3 nitrogen and oxygen atoms in total. The summed E-state index contributed by atoms with van der Waals surface area (Å²) in [4.78, 5) is 0. The van der Waals surface area contributed by atoms with Gasteiger partial charge in [0.2, 0.25) is 0 Å². The van der Waals surface area contributed by atoms with E-state index in [9.17, 15) is 13.2 Å². The van der Waals surface area contributed by atoms with E-state index in [-0.39, 0.29) is 11.5 Å². The molecule has 1 saturated carbocycles. The second-order valence-electron chi connectivity index (χ2n) is 4.90. The Hall–Kier alpha value is -1.43. The average Bonchev–Trinajstić information content (AvgIpc) is 3.04. The van der Waals surface area contributed by atoms with Crippen molar-refractivity contribution in [3.8, 4) is 11.5 Å². The number of alkyl halides is 3. The van der Waals surface area contributed by atoms with Crippen molar-refractivity contribution in [3.63, 3.8) is 0 Å². The summed E-state index contributed by atoms with van der Waals surface area (Å²) in [5, 5.41) is 0. The molecule has 1 aromatic rings. The number of rotatable bonds is 4. The summed E-state index contributed by atoms with van der Waals surface area (Å²) < 4.78 is 48.9. The molecule has 1 aliphatic carbocycles. The van der Waals surface area contributed by atoms with E-state index in [0.29, 0.717) is 12.0 Å². The highest BCUT2D eigenvalue weighted by atomic mass is 19.4. The number of benzene rings is 1. The van der Waals surface area contributed by atoms with Gasteiger partial charge in [-0.3, -0.25) is 0 Å². The third kappa shape index (κ3) is 2.94. The lowest BCUT2D eigenvalue weighted by atomic mass is 10.00. The maximum Gasteiger partial charge on any atom is 0.420 e. The first kappa shape index (κ1) is 14.0. The van der Waals surface area contributed by atoms with Crippen molar-refractivity contribution < 1.29 is 22.6 Å². The van der Waals surface area contributed by atoms with Gasteiger partial charge in [0.1, 0.15) is 17.1 Å². The highest BCUT2D eigenvalue weighted by Crippen LogP contribution is 2.44. The van der Waals surface area contributed by atoms with Crippen molar-refractivity contribution in [2.45, 2.75) is 31.0 Å². The van der Waals surface area contributed by atoms with E-state index in [1.807, 2.05) is 0 Å². The Morgan fingerprint density at radius 2 is 1.84 bits per heavy atom. The lowest BCUT2D eigenvalue weighted by Gasteiger charge is -2.19. The lowest BCUT2D eigenvalue weighted by Crippen LogP contribution is -2.25. The largest absolute Gasteiger partial charge is 0.497 e. The van der Waals surface area contributed by atoms with Crippen LogP contribution in [0.4, 0.5) is 13.2 Å². The summed E-state index contributed by atoms with van der Waals surface area (Å²) in [5.74, 6) is -0.00241. The number of halogens is 3. The van der Waals surface area contributed by atoms with Gasteiger partial charge in [0.25, 0.3) is 0 Å². The Balaban J connectivity index is 2.50. The van der Waals surface area contributed by atoms with Crippen molar-refractivity contribution in [1.29, 1.82) is 0 Å². The Morgan fingerprint density at radius 3 is 2.26 bits per heavy atom. The van der Waals surface area contributed by atoms with Gasteiger partial charge in [0.05, 0.1) is 14.2 Å². The summed E-state index contributed by atoms with van der Waals surface area (Å²) in [7, 11) is 2.57. The number of nitrogens with two attached hydrogens (primary N) is 1. The van der Waals surface area contributed by atoms with Gasteiger partial charge in [-0.1, -0.05) is 0 Å². The lowest BCUT2D eigenvalue weighted by molar-refractivity contribution is -0.138. The normalized spacial score (nSPS) is 17.2. The standard InChI is InChI=1S/C13H16F3NO2/c1-18-9-5-8(7-12(17)3-4-12)11(19-2)10(6-9)13(14,15)16/h5-6H,3-4,7,17H2,1-2H3. The second kappa shape index (κ2) is 4.59. The number of hydrogen-bond acceptors (Lipinski definition) is 3. The zero-order valence-corrected chi connectivity index (χ0v) is 10.8. The predicted octanol–water partition coefficient (Wildman–Crippen LogP) is 2.76. The van der Waals surface area contributed by atoms with Crippen LogP contribution >= 0.6 is 0 Å². The molecule has 1 aromatic carbocycles. The number of methoxy groups -OCH3 is 2. The van der Waals surface area contributed by atoms with Gasteiger partial charge in [-0.25, -0.2) is 0 Å². The first-order valence-electron chi connectivity index (χ1n) is 5.90. The van der Waals surface area contributed by atoms with E-state index in [2.05, 4.69) is 0 Å².